The number of ether oxygens (including phenoxy) is 1. The molecule has 0 spiro atoms. The Morgan fingerprint density at radius 1 is 1.24 bits per heavy atom. The lowest BCUT2D eigenvalue weighted by molar-refractivity contribution is 0.109. The zero-order valence-electron chi connectivity index (χ0n) is 13.2. The minimum Gasteiger partial charge on any atom is -0.376 e. The van der Waals surface area contributed by atoms with Gasteiger partial charge in [0.05, 0.1) is 24.9 Å². The van der Waals surface area contributed by atoms with Crippen LogP contribution in [0.4, 0.5) is 5.82 Å². The average molecular weight is 291 g/mol. The van der Waals surface area contributed by atoms with Gasteiger partial charge >= 0.3 is 0 Å². The first-order valence-electron chi connectivity index (χ1n) is 7.73. The van der Waals surface area contributed by atoms with Crippen LogP contribution in [0.5, 0.6) is 0 Å². The first kappa shape index (κ1) is 14.7. The summed E-state index contributed by atoms with van der Waals surface area (Å²) in [6, 6.07) is 0.262. The molecule has 0 aromatic carbocycles. The molecule has 1 fully saturated rings. The number of likely N-dealkylation sites (N-methyl/N-ethyl adjacent to an activating group) is 2. The minimum atomic E-state index is 0.262. The summed E-state index contributed by atoms with van der Waals surface area (Å²) >= 11 is 0. The lowest BCUT2D eigenvalue weighted by Gasteiger charge is -2.28. The molecule has 0 amide bonds. The summed E-state index contributed by atoms with van der Waals surface area (Å²) in [5, 5.41) is 3.21. The molecule has 1 atom stereocenters. The fraction of sp³-hybridized carbons (Fsp3) is 0.733. The van der Waals surface area contributed by atoms with Gasteiger partial charge in [-0.25, -0.2) is 9.97 Å². The Balaban J connectivity index is 1.97. The number of nitrogens with zero attached hydrogens (tertiary/aromatic N) is 4. The zero-order valence-corrected chi connectivity index (χ0v) is 13.2. The Hall–Kier alpha value is -1.24. The third kappa shape index (κ3) is 3.02. The number of anilines is 1. The molecular weight excluding hydrogens is 266 g/mol. The molecule has 1 aromatic heterocycles. The quantitative estimate of drug-likeness (QED) is 0.874. The summed E-state index contributed by atoms with van der Waals surface area (Å²) < 4.78 is 5.54. The van der Waals surface area contributed by atoms with E-state index in [2.05, 4.69) is 29.2 Å². The van der Waals surface area contributed by atoms with Gasteiger partial charge in [0.15, 0.2) is 0 Å². The smallest absolute Gasteiger partial charge is 0.149 e. The monoisotopic (exact) mass is 291 g/mol. The average Bonchev–Trinajstić information content (AvgIpc) is 2.67. The van der Waals surface area contributed by atoms with Crippen molar-refractivity contribution in [3.63, 3.8) is 0 Å². The van der Waals surface area contributed by atoms with Gasteiger partial charge in [-0.15, -0.1) is 0 Å². The normalized spacial score (nSPS) is 24.4. The van der Waals surface area contributed by atoms with Gasteiger partial charge in [-0.3, -0.25) is 4.90 Å². The van der Waals surface area contributed by atoms with Gasteiger partial charge in [-0.05, 0) is 33.6 Å². The van der Waals surface area contributed by atoms with E-state index in [9.17, 15) is 0 Å². The Morgan fingerprint density at radius 2 is 2.10 bits per heavy atom. The molecule has 0 saturated carbocycles. The summed E-state index contributed by atoms with van der Waals surface area (Å²) in [4.78, 5) is 14.4. The van der Waals surface area contributed by atoms with Crippen molar-refractivity contribution in [3.8, 4) is 0 Å². The molecule has 3 rings (SSSR count). The molecule has 116 valence electrons. The van der Waals surface area contributed by atoms with Gasteiger partial charge in [0.1, 0.15) is 11.6 Å². The standard InChI is InChI=1S/C15H25N5O/c1-16-14-11-10-21-8-5-12(11)17-15(18-14)13-9-19(2)6-4-7-20(13)3/h13H,4-10H2,1-3H3,(H,16,17,18). The Bertz CT molecular complexity index is 490. The Labute approximate surface area is 126 Å². The maximum Gasteiger partial charge on any atom is 0.149 e. The van der Waals surface area contributed by atoms with Gasteiger partial charge in [0, 0.05) is 25.6 Å². The second-order valence-corrected chi connectivity index (χ2v) is 6.02. The van der Waals surface area contributed by atoms with Crippen molar-refractivity contribution in [1.82, 2.24) is 19.8 Å². The van der Waals surface area contributed by atoms with Gasteiger partial charge in [0.2, 0.25) is 0 Å². The third-order valence-electron chi connectivity index (χ3n) is 4.44. The maximum absolute atomic E-state index is 5.54. The highest BCUT2D eigenvalue weighted by atomic mass is 16.5. The van der Waals surface area contributed by atoms with Crippen molar-refractivity contribution in [2.75, 3.05) is 52.7 Å². The molecule has 0 radical (unpaired) electrons. The molecule has 21 heavy (non-hydrogen) atoms. The van der Waals surface area contributed by atoms with E-state index >= 15 is 0 Å². The fourth-order valence-electron chi connectivity index (χ4n) is 3.16. The van der Waals surface area contributed by atoms with Crippen molar-refractivity contribution in [1.29, 1.82) is 0 Å². The molecular formula is C15H25N5O. The molecule has 0 bridgehead atoms. The third-order valence-corrected chi connectivity index (χ3v) is 4.44. The van der Waals surface area contributed by atoms with Crippen molar-refractivity contribution in [3.05, 3.63) is 17.1 Å². The predicted octanol–water partition coefficient (Wildman–Crippen LogP) is 0.899. The van der Waals surface area contributed by atoms with E-state index in [-0.39, 0.29) is 6.04 Å². The summed E-state index contributed by atoms with van der Waals surface area (Å²) in [6.45, 7) is 4.58. The molecule has 6 nitrogen and oxygen atoms in total. The first-order chi connectivity index (χ1) is 10.2. The van der Waals surface area contributed by atoms with Crippen molar-refractivity contribution in [2.24, 2.45) is 0 Å². The van der Waals surface area contributed by atoms with Gasteiger partial charge < -0.3 is 15.0 Å². The second kappa shape index (κ2) is 6.25. The summed E-state index contributed by atoms with van der Waals surface area (Å²) in [5.74, 6) is 1.87. The summed E-state index contributed by atoms with van der Waals surface area (Å²) in [7, 11) is 6.27. The zero-order chi connectivity index (χ0) is 14.8. The van der Waals surface area contributed by atoms with Crippen LogP contribution in [-0.2, 0) is 17.8 Å². The van der Waals surface area contributed by atoms with E-state index < -0.39 is 0 Å². The van der Waals surface area contributed by atoms with Crippen molar-refractivity contribution < 1.29 is 4.74 Å². The van der Waals surface area contributed by atoms with Crippen molar-refractivity contribution in [2.45, 2.75) is 25.5 Å². The van der Waals surface area contributed by atoms with Crippen LogP contribution in [0.25, 0.3) is 0 Å². The SMILES string of the molecule is CNc1nc(C2CN(C)CCCN2C)nc2c1COCC2. The lowest BCUT2D eigenvalue weighted by Crippen LogP contribution is -2.33. The first-order valence-corrected chi connectivity index (χ1v) is 7.73. The van der Waals surface area contributed by atoms with Crippen LogP contribution in [0.3, 0.4) is 0 Å². The van der Waals surface area contributed by atoms with Crippen LogP contribution in [-0.4, -0.2) is 67.2 Å². The number of aromatic nitrogens is 2. The van der Waals surface area contributed by atoms with Crippen LogP contribution in [0, 0.1) is 0 Å². The van der Waals surface area contributed by atoms with E-state index in [0.29, 0.717) is 6.61 Å². The lowest BCUT2D eigenvalue weighted by atomic mass is 10.1. The highest BCUT2D eigenvalue weighted by Crippen LogP contribution is 2.27. The van der Waals surface area contributed by atoms with E-state index in [1.165, 1.54) is 6.42 Å². The number of hydrogen-bond acceptors (Lipinski definition) is 6. The minimum absolute atomic E-state index is 0.262. The molecule has 2 aliphatic heterocycles. The van der Waals surface area contributed by atoms with E-state index in [0.717, 1.165) is 55.6 Å². The number of fused-ring (bicyclic) bond motifs is 1. The Morgan fingerprint density at radius 3 is 2.90 bits per heavy atom. The molecule has 0 aliphatic carbocycles. The Kier molecular flexibility index (Phi) is 4.37. The van der Waals surface area contributed by atoms with Crippen LogP contribution in [0.2, 0.25) is 0 Å². The highest BCUT2D eigenvalue weighted by Gasteiger charge is 2.27. The maximum atomic E-state index is 5.54. The van der Waals surface area contributed by atoms with Crippen LogP contribution in [0.1, 0.15) is 29.5 Å². The highest BCUT2D eigenvalue weighted by molar-refractivity contribution is 5.47. The van der Waals surface area contributed by atoms with Gasteiger partial charge in [-0.1, -0.05) is 0 Å². The number of rotatable bonds is 2. The van der Waals surface area contributed by atoms with E-state index in [1.807, 2.05) is 7.05 Å². The number of nitrogens with one attached hydrogen (secondary N) is 1. The molecule has 1 N–H and O–H groups in total. The van der Waals surface area contributed by atoms with E-state index in [1.54, 1.807) is 0 Å². The molecule has 2 aliphatic rings. The number of hydrogen-bond donors (Lipinski definition) is 1. The molecule has 1 aromatic rings. The molecule has 1 unspecified atom stereocenters. The predicted molar refractivity (Wildman–Crippen MR) is 82.4 cm³/mol. The van der Waals surface area contributed by atoms with Crippen LogP contribution in [0.15, 0.2) is 0 Å². The molecule has 3 heterocycles. The van der Waals surface area contributed by atoms with Crippen LogP contribution >= 0.6 is 0 Å². The summed E-state index contributed by atoms with van der Waals surface area (Å²) in [6.07, 6.45) is 2.08. The largest absolute Gasteiger partial charge is 0.376 e. The molecule has 6 heteroatoms. The van der Waals surface area contributed by atoms with E-state index in [4.69, 9.17) is 14.7 Å². The van der Waals surface area contributed by atoms with Gasteiger partial charge in [0.25, 0.3) is 0 Å². The molecule has 1 saturated heterocycles. The fourth-order valence-corrected chi connectivity index (χ4v) is 3.16. The van der Waals surface area contributed by atoms with Crippen LogP contribution < -0.4 is 5.32 Å². The topological polar surface area (TPSA) is 53.5 Å². The van der Waals surface area contributed by atoms with Crippen molar-refractivity contribution >= 4 is 5.82 Å². The van der Waals surface area contributed by atoms with Gasteiger partial charge in [-0.2, -0.15) is 0 Å². The summed E-state index contributed by atoms with van der Waals surface area (Å²) in [5.41, 5.74) is 2.27. The second-order valence-electron chi connectivity index (χ2n) is 6.02.